The third kappa shape index (κ3) is 4.52. The summed E-state index contributed by atoms with van der Waals surface area (Å²) in [6, 6.07) is 0. The molecular weight excluding hydrogens is 201 g/mol. The second kappa shape index (κ2) is 3.58. The molecule has 0 rings (SSSR count). The maximum atomic E-state index is 11.8. The lowest BCUT2D eigenvalue weighted by molar-refractivity contribution is -0.196. The second-order valence-electron chi connectivity index (χ2n) is 1.96. The zero-order valence-corrected chi connectivity index (χ0v) is 6.82. The predicted molar refractivity (Wildman–Crippen MR) is 32.8 cm³/mol. The molecule has 0 aliphatic heterocycles. The van der Waals surface area contributed by atoms with Gasteiger partial charge in [0.2, 0.25) is 0 Å². The number of hydrogen-bond acceptors (Lipinski definition) is 3. The average molecular weight is 208 g/mol. The molecule has 0 aliphatic rings. The fraction of sp³-hybridized carbons (Fsp3) is 1.00. The van der Waals surface area contributed by atoms with Crippen molar-refractivity contribution in [2.24, 2.45) is 0 Å². The summed E-state index contributed by atoms with van der Waals surface area (Å²) < 4.78 is 66.3. The Morgan fingerprint density at radius 1 is 1.50 bits per heavy atom. The van der Waals surface area contributed by atoms with E-state index in [1.54, 1.807) is 0 Å². The van der Waals surface area contributed by atoms with Gasteiger partial charge in [0.25, 0.3) is 0 Å². The van der Waals surface area contributed by atoms with Crippen molar-refractivity contribution in [3.8, 4) is 0 Å². The summed E-state index contributed by atoms with van der Waals surface area (Å²) in [5, 5.41) is 0. The maximum absolute atomic E-state index is 11.8. The van der Waals surface area contributed by atoms with E-state index in [2.05, 4.69) is 4.18 Å². The third-order valence-electron chi connectivity index (χ3n) is 0.974. The van der Waals surface area contributed by atoms with E-state index in [4.69, 9.17) is 4.55 Å². The van der Waals surface area contributed by atoms with E-state index < -0.39 is 29.1 Å². The first kappa shape index (κ1) is 11.7. The largest absolute Gasteiger partial charge is 0.416 e. The Labute approximate surface area is 67.3 Å². The van der Waals surface area contributed by atoms with Crippen LogP contribution in [0.3, 0.4) is 0 Å². The highest BCUT2D eigenvalue weighted by Crippen LogP contribution is 2.25. The number of rotatable bonds is 3. The van der Waals surface area contributed by atoms with E-state index in [1.165, 1.54) is 0 Å². The van der Waals surface area contributed by atoms with Crippen molar-refractivity contribution in [3.05, 3.63) is 0 Å². The maximum Gasteiger partial charge on any atom is 0.416 e. The molecule has 12 heavy (non-hydrogen) atoms. The Bertz CT molecular complexity index is 231. The Morgan fingerprint density at radius 2 is 1.92 bits per heavy atom. The van der Waals surface area contributed by atoms with E-state index in [9.17, 15) is 21.6 Å². The van der Waals surface area contributed by atoms with E-state index in [1.807, 2.05) is 0 Å². The molecule has 1 unspecified atom stereocenters. The monoisotopic (exact) mass is 208 g/mol. The summed E-state index contributed by atoms with van der Waals surface area (Å²) in [6.45, 7) is 1.09. The molecule has 0 amide bonds. The molecule has 74 valence electrons. The smallest absolute Gasteiger partial charge is 0.264 e. The zero-order chi connectivity index (χ0) is 9.99. The molecule has 4 nitrogen and oxygen atoms in total. The highest BCUT2D eigenvalue weighted by atomic mass is 32.3. The van der Waals surface area contributed by atoms with Crippen LogP contribution >= 0.6 is 0 Å². The van der Waals surface area contributed by atoms with Crippen LogP contribution < -0.4 is 0 Å². The van der Waals surface area contributed by atoms with Gasteiger partial charge in [-0.05, 0) is 6.42 Å². The van der Waals surface area contributed by atoms with Gasteiger partial charge in [0.1, 0.15) is 0 Å². The fourth-order valence-electron chi connectivity index (χ4n) is 0.501. The Balaban J connectivity index is 4.41. The molecule has 0 fully saturated rings. The Hall–Kier alpha value is -0.340. The standard InChI is InChI=1S/C4H7F3O4S/c1-2-3(4(5,6)7)11-12(8,9)10/h3H,2H2,1H3,(H,8,9,10). The topological polar surface area (TPSA) is 63.6 Å². The van der Waals surface area contributed by atoms with Crippen molar-refractivity contribution < 1.29 is 30.3 Å². The minimum Gasteiger partial charge on any atom is -0.264 e. The van der Waals surface area contributed by atoms with Gasteiger partial charge >= 0.3 is 16.6 Å². The summed E-state index contributed by atoms with van der Waals surface area (Å²) in [6.07, 6.45) is -7.85. The molecule has 0 saturated carbocycles. The molecule has 0 bridgehead atoms. The van der Waals surface area contributed by atoms with Gasteiger partial charge in [0.15, 0.2) is 6.10 Å². The highest BCUT2D eigenvalue weighted by Gasteiger charge is 2.42. The molecule has 0 spiro atoms. The Kier molecular flexibility index (Phi) is 3.48. The van der Waals surface area contributed by atoms with Gasteiger partial charge in [-0.15, -0.1) is 0 Å². The highest BCUT2D eigenvalue weighted by molar-refractivity contribution is 7.80. The summed E-state index contributed by atoms with van der Waals surface area (Å²) in [7, 11) is -5.04. The zero-order valence-electron chi connectivity index (χ0n) is 6.00. The van der Waals surface area contributed by atoms with E-state index in [0.717, 1.165) is 6.92 Å². The number of alkyl halides is 3. The lowest BCUT2D eigenvalue weighted by Gasteiger charge is -2.16. The van der Waals surface area contributed by atoms with Crippen molar-refractivity contribution in [1.82, 2.24) is 0 Å². The van der Waals surface area contributed by atoms with Crippen LogP contribution in [0.1, 0.15) is 13.3 Å². The number of halogens is 3. The van der Waals surface area contributed by atoms with Gasteiger partial charge < -0.3 is 0 Å². The average Bonchev–Trinajstić information content (AvgIpc) is 1.78. The molecule has 0 aliphatic carbocycles. The second-order valence-corrected chi connectivity index (χ2v) is 3.01. The molecule has 1 N–H and O–H groups in total. The number of hydrogen-bond donors (Lipinski definition) is 1. The van der Waals surface area contributed by atoms with Crippen LogP contribution in [0.15, 0.2) is 0 Å². The molecule has 0 aromatic carbocycles. The molecule has 0 heterocycles. The lowest BCUT2D eigenvalue weighted by Crippen LogP contribution is -2.32. The Morgan fingerprint density at radius 3 is 2.00 bits per heavy atom. The van der Waals surface area contributed by atoms with Gasteiger partial charge in [-0.3, -0.25) is 4.55 Å². The van der Waals surface area contributed by atoms with Crippen LogP contribution in [0.4, 0.5) is 13.2 Å². The minimum absolute atomic E-state index is 0.580. The van der Waals surface area contributed by atoms with Crippen LogP contribution in [0.5, 0.6) is 0 Å². The quantitative estimate of drug-likeness (QED) is 0.706. The van der Waals surface area contributed by atoms with E-state index >= 15 is 0 Å². The van der Waals surface area contributed by atoms with Crippen LogP contribution in [0.25, 0.3) is 0 Å². The van der Waals surface area contributed by atoms with Crippen molar-refractivity contribution in [1.29, 1.82) is 0 Å². The fourth-order valence-corrected chi connectivity index (χ4v) is 1.04. The van der Waals surface area contributed by atoms with Gasteiger partial charge in [0.05, 0.1) is 0 Å². The molecule has 8 heteroatoms. The SMILES string of the molecule is CCC(OS(=O)(=O)O)C(F)(F)F. The van der Waals surface area contributed by atoms with Crippen LogP contribution in [-0.4, -0.2) is 25.3 Å². The summed E-state index contributed by atoms with van der Waals surface area (Å²) in [5.41, 5.74) is 0. The van der Waals surface area contributed by atoms with Crippen LogP contribution in [0, 0.1) is 0 Å². The van der Waals surface area contributed by atoms with Crippen LogP contribution in [0.2, 0.25) is 0 Å². The predicted octanol–water partition coefficient (Wildman–Crippen LogP) is 1.15. The first-order valence-corrected chi connectivity index (χ1v) is 4.25. The van der Waals surface area contributed by atoms with E-state index in [-0.39, 0.29) is 0 Å². The van der Waals surface area contributed by atoms with Crippen molar-refractivity contribution >= 4 is 10.4 Å². The van der Waals surface area contributed by atoms with Crippen molar-refractivity contribution in [2.45, 2.75) is 25.6 Å². The molecule has 1 atom stereocenters. The van der Waals surface area contributed by atoms with Gasteiger partial charge in [0, 0.05) is 0 Å². The lowest BCUT2D eigenvalue weighted by atomic mass is 10.3. The molecule has 0 aromatic rings. The summed E-state index contributed by atoms with van der Waals surface area (Å²) >= 11 is 0. The minimum atomic E-state index is -5.04. The van der Waals surface area contributed by atoms with Gasteiger partial charge in [-0.25, -0.2) is 4.18 Å². The van der Waals surface area contributed by atoms with Crippen LogP contribution in [-0.2, 0) is 14.6 Å². The van der Waals surface area contributed by atoms with Crippen molar-refractivity contribution in [2.75, 3.05) is 0 Å². The first-order chi connectivity index (χ1) is 5.17. The summed E-state index contributed by atoms with van der Waals surface area (Å²) in [4.78, 5) is 0. The molecule has 0 aromatic heterocycles. The van der Waals surface area contributed by atoms with Crippen molar-refractivity contribution in [3.63, 3.8) is 0 Å². The van der Waals surface area contributed by atoms with E-state index in [0.29, 0.717) is 0 Å². The van der Waals surface area contributed by atoms with Gasteiger partial charge in [-0.1, -0.05) is 6.92 Å². The molecule has 0 radical (unpaired) electrons. The molecular formula is C4H7F3O4S. The summed E-state index contributed by atoms with van der Waals surface area (Å²) in [5.74, 6) is 0. The molecule has 0 saturated heterocycles. The normalized spacial score (nSPS) is 16.1. The first-order valence-electron chi connectivity index (χ1n) is 2.89. The third-order valence-corrected chi connectivity index (χ3v) is 1.45. The van der Waals surface area contributed by atoms with Gasteiger partial charge in [-0.2, -0.15) is 21.6 Å².